The van der Waals surface area contributed by atoms with Crippen LogP contribution in [0.2, 0.25) is 0 Å². The highest BCUT2D eigenvalue weighted by molar-refractivity contribution is 14.1. The average Bonchev–Trinajstić information content (AvgIpc) is 2.42. The Bertz CT molecular complexity index is 602. The summed E-state index contributed by atoms with van der Waals surface area (Å²) < 4.78 is 51.8. The van der Waals surface area contributed by atoms with E-state index in [0.717, 1.165) is 11.6 Å². The molecule has 0 unspecified atom stereocenters. The number of aryl methyl sites for hydroxylation is 1. The van der Waals surface area contributed by atoms with Crippen LogP contribution in [0.3, 0.4) is 0 Å². The molecule has 2 aromatic rings. The number of hydrogen-bond donors (Lipinski definition) is 0. The summed E-state index contributed by atoms with van der Waals surface area (Å²) in [7, 11) is 0. The van der Waals surface area contributed by atoms with Crippen LogP contribution in [-0.4, -0.2) is 13.2 Å². The van der Waals surface area contributed by atoms with E-state index in [2.05, 4.69) is 0 Å². The fraction of sp³-hybridized carbons (Fsp3) is 0.250. The van der Waals surface area contributed by atoms with Crippen LogP contribution in [0.15, 0.2) is 24.3 Å². The molecule has 2 aromatic carbocycles. The number of ether oxygens (including phenoxy) is 2. The van der Waals surface area contributed by atoms with Gasteiger partial charge >= 0.3 is 0 Å². The van der Waals surface area contributed by atoms with Gasteiger partial charge in [0.25, 0.3) is 0 Å². The zero-order valence-electron chi connectivity index (χ0n) is 12.1. The van der Waals surface area contributed by atoms with Gasteiger partial charge in [-0.3, -0.25) is 0 Å². The first-order chi connectivity index (χ1) is 10.9. The van der Waals surface area contributed by atoms with Gasteiger partial charge in [-0.2, -0.15) is 0 Å². The molecule has 7 heteroatoms. The summed E-state index contributed by atoms with van der Waals surface area (Å²) in [5.41, 5.74) is 0.717. The summed E-state index contributed by atoms with van der Waals surface area (Å²) in [4.78, 5) is 0. The predicted octanol–water partition coefficient (Wildman–Crippen LogP) is 5.47. The molecule has 0 saturated carbocycles. The van der Waals surface area contributed by atoms with Crippen LogP contribution in [0.4, 0.5) is 13.2 Å². The summed E-state index contributed by atoms with van der Waals surface area (Å²) in [6.45, 7) is 2.35. The molecule has 0 radical (unpaired) electrons. The first kappa shape index (κ1) is 18.6. The van der Waals surface area contributed by atoms with E-state index in [1.807, 2.05) is 45.2 Å². The molecule has 2 nitrogen and oxygen atoms in total. The van der Waals surface area contributed by atoms with Gasteiger partial charge in [0, 0.05) is 12.5 Å². The van der Waals surface area contributed by atoms with Crippen molar-refractivity contribution in [1.82, 2.24) is 0 Å². The lowest BCUT2D eigenvalue weighted by Gasteiger charge is -2.12. The van der Waals surface area contributed by atoms with Crippen LogP contribution in [0, 0.1) is 31.5 Å². The maximum absolute atomic E-state index is 13.6. The highest BCUT2D eigenvalue weighted by Gasteiger charge is 2.11. The Morgan fingerprint density at radius 2 is 1.35 bits per heavy atom. The second kappa shape index (κ2) is 8.41. The van der Waals surface area contributed by atoms with Crippen molar-refractivity contribution in [2.24, 2.45) is 0 Å². The van der Waals surface area contributed by atoms with Crippen LogP contribution in [0.5, 0.6) is 11.5 Å². The van der Waals surface area contributed by atoms with Crippen molar-refractivity contribution in [2.45, 2.75) is 13.3 Å². The van der Waals surface area contributed by atoms with Gasteiger partial charge in [-0.15, -0.1) is 0 Å². The molecule has 0 heterocycles. The maximum atomic E-state index is 13.6. The molecule has 2 rings (SSSR count). The minimum Gasteiger partial charge on any atom is -0.492 e. The molecule has 0 saturated heterocycles. The lowest BCUT2D eigenvalue weighted by Crippen LogP contribution is -2.08. The summed E-state index contributed by atoms with van der Waals surface area (Å²) in [6.07, 6.45) is 0.514. The number of hydrogen-bond acceptors (Lipinski definition) is 2. The van der Waals surface area contributed by atoms with Gasteiger partial charge in [0.15, 0.2) is 11.6 Å². The van der Waals surface area contributed by atoms with Crippen molar-refractivity contribution in [2.75, 3.05) is 13.2 Å². The first-order valence-corrected chi connectivity index (χ1v) is 8.90. The molecule has 0 amide bonds. The van der Waals surface area contributed by atoms with Gasteiger partial charge in [0.1, 0.15) is 17.4 Å². The molecule has 0 N–H and O–H groups in total. The average molecular weight is 548 g/mol. The van der Waals surface area contributed by atoms with E-state index in [1.54, 1.807) is 6.92 Å². The van der Waals surface area contributed by atoms with Gasteiger partial charge < -0.3 is 9.47 Å². The zero-order valence-corrected chi connectivity index (χ0v) is 16.5. The summed E-state index contributed by atoms with van der Waals surface area (Å²) in [5.74, 6) is -0.985. The SMILES string of the molecule is Cc1cc(F)cc(I)c1OCCCOc1c(F)cc(F)cc1I. The molecule has 0 aromatic heterocycles. The monoisotopic (exact) mass is 548 g/mol. The van der Waals surface area contributed by atoms with Crippen LogP contribution >= 0.6 is 45.2 Å². The third-order valence-electron chi connectivity index (χ3n) is 2.94. The Morgan fingerprint density at radius 3 is 1.91 bits per heavy atom. The van der Waals surface area contributed by atoms with Crippen LogP contribution < -0.4 is 9.47 Å². The normalized spacial score (nSPS) is 10.7. The minimum atomic E-state index is -0.723. The summed E-state index contributed by atoms with van der Waals surface area (Å²) in [6, 6.07) is 4.80. The molecule has 124 valence electrons. The quantitative estimate of drug-likeness (QED) is 0.353. The van der Waals surface area contributed by atoms with Crippen molar-refractivity contribution in [3.05, 3.63) is 54.4 Å². The fourth-order valence-corrected chi connectivity index (χ4v) is 3.54. The van der Waals surface area contributed by atoms with Crippen molar-refractivity contribution < 1.29 is 22.6 Å². The fourth-order valence-electron chi connectivity index (χ4n) is 1.95. The molecular formula is C16H13F3I2O2. The Balaban J connectivity index is 1.85. The number of halogens is 5. The smallest absolute Gasteiger partial charge is 0.169 e. The van der Waals surface area contributed by atoms with Gasteiger partial charge in [-0.05, 0) is 75.9 Å². The summed E-state index contributed by atoms with van der Waals surface area (Å²) in [5, 5.41) is 0. The van der Waals surface area contributed by atoms with E-state index >= 15 is 0 Å². The molecule has 0 atom stereocenters. The van der Waals surface area contributed by atoms with Gasteiger partial charge in [-0.25, -0.2) is 13.2 Å². The molecule has 0 aliphatic heterocycles. The second-order valence-corrected chi connectivity index (χ2v) is 7.11. The van der Waals surface area contributed by atoms with E-state index in [9.17, 15) is 13.2 Å². The van der Waals surface area contributed by atoms with E-state index in [-0.39, 0.29) is 18.2 Å². The molecule has 0 spiro atoms. The lowest BCUT2D eigenvalue weighted by atomic mass is 10.2. The van der Waals surface area contributed by atoms with E-state index < -0.39 is 11.6 Å². The topological polar surface area (TPSA) is 18.5 Å². The molecule has 0 aliphatic carbocycles. The third-order valence-corrected chi connectivity index (χ3v) is 4.54. The van der Waals surface area contributed by atoms with Gasteiger partial charge in [0.05, 0.1) is 20.4 Å². The molecule has 23 heavy (non-hydrogen) atoms. The van der Waals surface area contributed by atoms with Gasteiger partial charge in [-0.1, -0.05) is 0 Å². The third kappa shape index (κ3) is 5.13. The zero-order chi connectivity index (χ0) is 17.0. The lowest BCUT2D eigenvalue weighted by molar-refractivity contribution is 0.238. The molecule has 0 bridgehead atoms. The molecular weight excluding hydrogens is 535 g/mol. The van der Waals surface area contributed by atoms with E-state index in [1.165, 1.54) is 18.2 Å². The first-order valence-electron chi connectivity index (χ1n) is 6.74. The van der Waals surface area contributed by atoms with Crippen LogP contribution in [-0.2, 0) is 0 Å². The van der Waals surface area contributed by atoms with Crippen molar-refractivity contribution in [1.29, 1.82) is 0 Å². The second-order valence-electron chi connectivity index (χ2n) is 4.78. The Labute approximate surface area is 159 Å². The van der Waals surface area contributed by atoms with Crippen LogP contribution in [0.1, 0.15) is 12.0 Å². The van der Waals surface area contributed by atoms with E-state index in [4.69, 9.17) is 9.47 Å². The Morgan fingerprint density at radius 1 is 0.826 bits per heavy atom. The molecule has 0 aliphatic rings. The number of rotatable bonds is 6. The van der Waals surface area contributed by atoms with Crippen molar-refractivity contribution in [3.8, 4) is 11.5 Å². The van der Waals surface area contributed by atoms with Crippen molar-refractivity contribution >= 4 is 45.2 Å². The Hall–Kier alpha value is -0.710. The van der Waals surface area contributed by atoms with Crippen LogP contribution in [0.25, 0.3) is 0 Å². The minimum absolute atomic E-state index is 0.0412. The predicted molar refractivity (Wildman–Crippen MR) is 98.5 cm³/mol. The standard InChI is InChI=1S/C16H13F3I2O2/c1-9-5-10(17)7-13(20)15(9)22-3-2-4-23-16-12(19)6-11(18)8-14(16)21/h5-8H,2-4H2,1H3. The van der Waals surface area contributed by atoms with Crippen molar-refractivity contribution in [3.63, 3.8) is 0 Å². The maximum Gasteiger partial charge on any atom is 0.169 e. The Kier molecular flexibility index (Phi) is 6.81. The highest BCUT2D eigenvalue weighted by atomic mass is 127. The van der Waals surface area contributed by atoms with E-state index in [0.29, 0.717) is 25.9 Å². The largest absolute Gasteiger partial charge is 0.492 e. The summed E-state index contributed by atoms with van der Waals surface area (Å²) >= 11 is 3.83. The highest BCUT2D eigenvalue weighted by Crippen LogP contribution is 2.27. The van der Waals surface area contributed by atoms with Gasteiger partial charge in [0.2, 0.25) is 0 Å². The number of benzene rings is 2. The molecule has 0 fully saturated rings.